The van der Waals surface area contributed by atoms with Crippen molar-refractivity contribution in [2.75, 3.05) is 0 Å². The van der Waals surface area contributed by atoms with E-state index in [1.807, 2.05) is 0 Å². The quantitative estimate of drug-likeness (QED) is 0.786. The van der Waals surface area contributed by atoms with Crippen molar-refractivity contribution in [3.63, 3.8) is 0 Å². The number of hydrogen-bond donors (Lipinski definition) is 0. The summed E-state index contributed by atoms with van der Waals surface area (Å²) >= 11 is 7.06. The normalized spacial score (nSPS) is 9.60. The fourth-order valence-corrected chi connectivity index (χ4v) is 1.85. The van der Waals surface area contributed by atoms with Crippen LogP contribution in [0.3, 0.4) is 0 Å². The molecule has 74 valence electrons. The van der Waals surface area contributed by atoms with Gasteiger partial charge in [0, 0.05) is 5.02 Å². The van der Waals surface area contributed by atoms with Gasteiger partial charge in [0.25, 0.3) is 0 Å². The minimum absolute atomic E-state index is 0.638. The largest absolute Gasteiger partial charge is 0.447 e. The summed E-state index contributed by atoms with van der Waals surface area (Å²) in [5.41, 5.74) is 0. The first kappa shape index (κ1) is 10.0. The van der Waals surface area contributed by atoms with Crippen LogP contribution in [-0.2, 0) is 0 Å². The first-order valence-corrected chi connectivity index (χ1v) is 5.41. The van der Waals surface area contributed by atoms with Crippen LogP contribution in [0.15, 0.2) is 36.4 Å². The van der Waals surface area contributed by atoms with Crippen molar-refractivity contribution < 1.29 is 4.74 Å². The molecule has 1 aromatic carbocycles. The van der Waals surface area contributed by atoms with E-state index < -0.39 is 0 Å². The van der Waals surface area contributed by atoms with Gasteiger partial charge in [-0.15, -0.1) is 0 Å². The van der Waals surface area contributed by atoms with Gasteiger partial charge >= 0.3 is 0 Å². The fraction of sp³-hybridized carbons (Fsp3) is 0. The molecular formula is C11H6ClNOS. The maximum absolute atomic E-state index is 8.64. The van der Waals surface area contributed by atoms with E-state index in [1.165, 1.54) is 11.3 Å². The molecule has 0 bridgehead atoms. The molecule has 0 N–H and O–H groups in total. The van der Waals surface area contributed by atoms with Crippen molar-refractivity contribution in [2.24, 2.45) is 0 Å². The van der Waals surface area contributed by atoms with Crippen LogP contribution in [-0.4, -0.2) is 0 Å². The number of thiophene rings is 1. The highest BCUT2D eigenvalue weighted by Gasteiger charge is 2.01. The van der Waals surface area contributed by atoms with Crippen LogP contribution in [0.1, 0.15) is 4.88 Å². The lowest BCUT2D eigenvalue weighted by Gasteiger charge is -2.01. The third-order valence-electron chi connectivity index (χ3n) is 1.72. The number of halogens is 1. The van der Waals surface area contributed by atoms with E-state index in [2.05, 4.69) is 6.07 Å². The first-order chi connectivity index (χ1) is 7.28. The van der Waals surface area contributed by atoms with E-state index >= 15 is 0 Å². The third-order valence-corrected chi connectivity index (χ3v) is 2.84. The number of rotatable bonds is 2. The summed E-state index contributed by atoms with van der Waals surface area (Å²) in [7, 11) is 0. The van der Waals surface area contributed by atoms with Gasteiger partial charge in [-0.05, 0) is 36.4 Å². The van der Waals surface area contributed by atoms with E-state index in [1.54, 1.807) is 36.4 Å². The maximum Gasteiger partial charge on any atom is 0.182 e. The van der Waals surface area contributed by atoms with Gasteiger partial charge in [-0.25, -0.2) is 0 Å². The Morgan fingerprint density at radius 3 is 2.47 bits per heavy atom. The third kappa shape index (κ3) is 2.50. The highest BCUT2D eigenvalue weighted by Crippen LogP contribution is 2.29. The lowest BCUT2D eigenvalue weighted by molar-refractivity contribution is 0.496. The maximum atomic E-state index is 8.64. The lowest BCUT2D eigenvalue weighted by atomic mass is 10.3. The van der Waals surface area contributed by atoms with Gasteiger partial charge in [-0.3, -0.25) is 0 Å². The van der Waals surface area contributed by atoms with Crippen LogP contribution in [0.5, 0.6) is 10.8 Å². The van der Waals surface area contributed by atoms with Gasteiger partial charge in [0.05, 0.1) is 0 Å². The Morgan fingerprint density at radius 2 is 1.87 bits per heavy atom. The Balaban J connectivity index is 2.15. The van der Waals surface area contributed by atoms with Crippen LogP contribution in [0.4, 0.5) is 0 Å². The lowest BCUT2D eigenvalue weighted by Crippen LogP contribution is -1.78. The predicted molar refractivity (Wildman–Crippen MR) is 60.6 cm³/mol. The van der Waals surface area contributed by atoms with Crippen molar-refractivity contribution >= 4 is 22.9 Å². The van der Waals surface area contributed by atoms with E-state index in [0.717, 1.165) is 0 Å². The molecule has 0 radical (unpaired) electrons. The summed E-state index contributed by atoms with van der Waals surface area (Å²) in [4.78, 5) is 0.638. The molecule has 0 atom stereocenters. The van der Waals surface area contributed by atoms with Gasteiger partial charge in [-0.1, -0.05) is 22.9 Å². The fourth-order valence-electron chi connectivity index (χ4n) is 1.05. The first-order valence-electron chi connectivity index (χ1n) is 4.21. The second kappa shape index (κ2) is 4.35. The molecule has 0 amide bonds. The Morgan fingerprint density at radius 1 is 1.13 bits per heavy atom. The molecule has 15 heavy (non-hydrogen) atoms. The van der Waals surface area contributed by atoms with E-state index in [4.69, 9.17) is 21.6 Å². The molecule has 0 aliphatic carbocycles. The second-order valence-electron chi connectivity index (χ2n) is 2.79. The van der Waals surface area contributed by atoms with Crippen molar-refractivity contribution in [3.05, 3.63) is 46.3 Å². The van der Waals surface area contributed by atoms with Crippen molar-refractivity contribution in [1.29, 1.82) is 5.26 Å². The molecule has 2 nitrogen and oxygen atoms in total. The Bertz CT molecular complexity index is 498. The second-order valence-corrected chi connectivity index (χ2v) is 4.27. The van der Waals surface area contributed by atoms with Crippen LogP contribution in [0, 0.1) is 11.3 Å². The van der Waals surface area contributed by atoms with Gasteiger partial charge < -0.3 is 4.74 Å². The Hall–Kier alpha value is -1.50. The average molecular weight is 236 g/mol. The zero-order valence-corrected chi connectivity index (χ0v) is 9.18. The van der Waals surface area contributed by atoms with Crippen molar-refractivity contribution in [1.82, 2.24) is 0 Å². The zero-order valence-electron chi connectivity index (χ0n) is 7.61. The minimum Gasteiger partial charge on any atom is -0.447 e. The molecule has 4 heteroatoms. The van der Waals surface area contributed by atoms with Gasteiger partial charge in [0.2, 0.25) is 0 Å². The highest BCUT2D eigenvalue weighted by atomic mass is 35.5. The monoisotopic (exact) mass is 235 g/mol. The molecule has 0 aliphatic heterocycles. The molecule has 0 spiro atoms. The number of nitriles is 1. The average Bonchev–Trinajstić information content (AvgIpc) is 2.69. The molecular weight excluding hydrogens is 230 g/mol. The summed E-state index contributed by atoms with van der Waals surface area (Å²) in [6.45, 7) is 0. The SMILES string of the molecule is N#Cc1ccc(Oc2ccc(Cl)cc2)s1. The van der Waals surface area contributed by atoms with Crippen molar-refractivity contribution in [3.8, 4) is 16.9 Å². The molecule has 1 aromatic heterocycles. The highest BCUT2D eigenvalue weighted by molar-refractivity contribution is 7.14. The molecule has 2 aromatic rings. The van der Waals surface area contributed by atoms with E-state index in [9.17, 15) is 0 Å². The van der Waals surface area contributed by atoms with E-state index in [0.29, 0.717) is 20.7 Å². The predicted octanol–water partition coefficient (Wildman–Crippen LogP) is 4.07. The molecule has 2 rings (SSSR count). The van der Waals surface area contributed by atoms with Crippen LogP contribution >= 0.6 is 22.9 Å². The molecule has 0 aliphatic rings. The number of ether oxygens (including phenoxy) is 1. The standard InChI is InChI=1S/C11H6ClNOS/c12-8-1-3-9(4-2-8)14-11-6-5-10(7-13)15-11/h1-6H. The van der Waals surface area contributed by atoms with Gasteiger partial charge in [0.15, 0.2) is 5.06 Å². The minimum atomic E-state index is 0.638. The van der Waals surface area contributed by atoms with Crippen LogP contribution < -0.4 is 4.74 Å². The molecule has 0 saturated heterocycles. The molecule has 0 unspecified atom stereocenters. The molecule has 0 fully saturated rings. The topological polar surface area (TPSA) is 33.0 Å². The Kier molecular flexibility index (Phi) is 2.91. The van der Waals surface area contributed by atoms with E-state index in [-0.39, 0.29) is 0 Å². The summed E-state index contributed by atoms with van der Waals surface area (Å²) in [5, 5.41) is 10.0. The smallest absolute Gasteiger partial charge is 0.182 e. The Labute approximate surface area is 96.3 Å². The number of hydrogen-bond acceptors (Lipinski definition) is 3. The summed E-state index contributed by atoms with van der Waals surface area (Å²) < 4.78 is 5.52. The number of nitrogens with zero attached hydrogens (tertiary/aromatic N) is 1. The summed E-state index contributed by atoms with van der Waals surface area (Å²) in [5.74, 6) is 0.714. The summed E-state index contributed by atoms with van der Waals surface area (Å²) in [6.07, 6.45) is 0. The van der Waals surface area contributed by atoms with Gasteiger partial charge in [0.1, 0.15) is 16.7 Å². The van der Waals surface area contributed by atoms with Crippen LogP contribution in [0.2, 0.25) is 5.02 Å². The zero-order chi connectivity index (χ0) is 10.7. The van der Waals surface area contributed by atoms with Crippen molar-refractivity contribution in [2.45, 2.75) is 0 Å². The van der Waals surface area contributed by atoms with Crippen LogP contribution in [0.25, 0.3) is 0 Å². The molecule has 1 heterocycles. The summed E-state index contributed by atoms with van der Waals surface area (Å²) in [6, 6.07) is 12.7. The molecule has 0 saturated carbocycles. The number of benzene rings is 1. The van der Waals surface area contributed by atoms with Gasteiger partial charge in [-0.2, -0.15) is 5.26 Å².